The Labute approximate surface area is 196 Å². The molecule has 1 amide bonds. The average Bonchev–Trinajstić information content (AvgIpc) is 3.50. The molecule has 0 unspecified atom stereocenters. The van der Waals surface area contributed by atoms with Crippen molar-refractivity contribution in [2.75, 3.05) is 13.1 Å². The lowest BCUT2D eigenvalue weighted by Crippen LogP contribution is -2.23. The summed E-state index contributed by atoms with van der Waals surface area (Å²) in [4.78, 5) is 19.2. The maximum atomic E-state index is 13.4. The first kappa shape index (κ1) is 22.0. The monoisotopic (exact) mass is 490 g/mol. The Morgan fingerprint density at radius 3 is 2.67 bits per heavy atom. The van der Waals surface area contributed by atoms with Crippen LogP contribution in [-0.4, -0.2) is 38.8 Å². The van der Waals surface area contributed by atoms with Crippen molar-refractivity contribution < 1.29 is 18.0 Å². The molecule has 2 aromatic carbocycles. The molecule has 2 aliphatic rings. The van der Waals surface area contributed by atoms with Gasteiger partial charge in [0.05, 0.1) is 28.7 Å². The van der Waals surface area contributed by atoms with E-state index in [1.54, 1.807) is 18.3 Å². The minimum Gasteiger partial charge on any atom is -0.351 e. The van der Waals surface area contributed by atoms with Crippen LogP contribution >= 0.6 is 23.4 Å². The highest BCUT2D eigenvalue weighted by Crippen LogP contribution is 2.35. The van der Waals surface area contributed by atoms with Gasteiger partial charge in [0.15, 0.2) is 5.17 Å². The number of likely N-dealkylation sites (tertiary alicyclic amines) is 1. The average molecular weight is 491 g/mol. The maximum Gasteiger partial charge on any atom is 0.416 e. The van der Waals surface area contributed by atoms with Gasteiger partial charge in [-0.1, -0.05) is 23.7 Å². The number of alkyl halides is 3. The smallest absolute Gasteiger partial charge is 0.351 e. The molecule has 0 atom stereocenters. The molecule has 2 aliphatic heterocycles. The topological polar surface area (TPSA) is 50.5 Å². The van der Waals surface area contributed by atoms with Gasteiger partial charge >= 0.3 is 6.18 Å². The third kappa shape index (κ3) is 4.52. The molecular weight excluding hydrogens is 473 g/mol. The van der Waals surface area contributed by atoms with Crippen LogP contribution in [0.1, 0.15) is 29.5 Å². The van der Waals surface area contributed by atoms with E-state index >= 15 is 0 Å². The van der Waals surface area contributed by atoms with Crippen molar-refractivity contribution in [3.05, 3.63) is 69.2 Å². The first-order valence-corrected chi connectivity index (χ1v) is 11.6. The van der Waals surface area contributed by atoms with Gasteiger partial charge in [0, 0.05) is 23.5 Å². The number of fused-ring (bicyclic) bond motifs is 1. The van der Waals surface area contributed by atoms with Crippen LogP contribution in [0.5, 0.6) is 0 Å². The van der Waals surface area contributed by atoms with Crippen molar-refractivity contribution >= 4 is 51.4 Å². The van der Waals surface area contributed by atoms with Gasteiger partial charge in [0.1, 0.15) is 0 Å². The predicted molar refractivity (Wildman–Crippen MR) is 124 cm³/mol. The summed E-state index contributed by atoms with van der Waals surface area (Å²) in [5, 5.41) is 5.83. The number of carbonyl (C=O) groups excluding carboxylic acids is 1. The zero-order valence-corrected chi connectivity index (χ0v) is 18.8. The van der Waals surface area contributed by atoms with E-state index in [9.17, 15) is 18.0 Å². The Hall–Kier alpha value is -2.78. The summed E-state index contributed by atoms with van der Waals surface area (Å²) in [6.45, 7) is 1.79. The molecule has 1 fully saturated rings. The second-order valence-electron chi connectivity index (χ2n) is 7.92. The van der Waals surface area contributed by atoms with Gasteiger partial charge in [-0.15, -0.1) is 0 Å². The van der Waals surface area contributed by atoms with Gasteiger partial charge in [-0.2, -0.15) is 23.3 Å². The second-order valence-corrected chi connectivity index (χ2v) is 9.37. The third-order valence-corrected chi connectivity index (χ3v) is 6.93. The number of amides is 1. The third-order valence-electron chi connectivity index (χ3n) is 5.65. The van der Waals surface area contributed by atoms with E-state index in [0.29, 0.717) is 10.4 Å². The minimum atomic E-state index is -4.51. The van der Waals surface area contributed by atoms with E-state index in [2.05, 4.69) is 15.0 Å². The number of hydrogen-bond acceptors (Lipinski definition) is 4. The van der Waals surface area contributed by atoms with Crippen molar-refractivity contribution in [3.8, 4) is 0 Å². The minimum absolute atomic E-state index is 0.0327. The van der Waals surface area contributed by atoms with Crippen molar-refractivity contribution in [1.29, 1.82) is 0 Å². The normalized spacial score (nSPS) is 18.1. The molecule has 5 rings (SSSR count). The van der Waals surface area contributed by atoms with Crippen LogP contribution in [0.4, 0.5) is 13.2 Å². The molecule has 5 nitrogen and oxygen atoms in total. The van der Waals surface area contributed by atoms with Crippen LogP contribution in [0.3, 0.4) is 0 Å². The zero-order chi connectivity index (χ0) is 23.2. The second kappa shape index (κ2) is 8.53. The SMILES string of the molecule is O=C1N=C(N2CCCC2)SC1=Cc1ccc2c(cnn2Cc2ccc(Cl)cc2C(F)(F)F)c1. The van der Waals surface area contributed by atoms with E-state index in [-0.39, 0.29) is 23.0 Å². The lowest BCUT2D eigenvalue weighted by Gasteiger charge is -2.14. The Balaban J connectivity index is 1.39. The number of aliphatic imine (C=N–C) groups is 1. The number of aromatic nitrogens is 2. The number of carbonyl (C=O) groups is 1. The highest BCUT2D eigenvalue weighted by molar-refractivity contribution is 8.18. The first-order chi connectivity index (χ1) is 15.8. The van der Waals surface area contributed by atoms with Crippen molar-refractivity contribution in [2.45, 2.75) is 25.6 Å². The van der Waals surface area contributed by atoms with E-state index in [1.165, 1.54) is 28.6 Å². The van der Waals surface area contributed by atoms with Crippen molar-refractivity contribution in [2.24, 2.45) is 4.99 Å². The Bertz CT molecular complexity index is 1310. The van der Waals surface area contributed by atoms with Gasteiger partial charge in [-0.05, 0) is 66.1 Å². The number of rotatable bonds is 3. The molecule has 1 aromatic heterocycles. The number of halogens is 4. The molecule has 0 radical (unpaired) electrons. The molecule has 10 heteroatoms. The van der Waals surface area contributed by atoms with E-state index in [4.69, 9.17) is 11.6 Å². The molecule has 1 saturated heterocycles. The number of amidine groups is 1. The van der Waals surface area contributed by atoms with Crippen LogP contribution in [-0.2, 0) is 17.5 Å². The van der Waals surface area contributed by atoms with Crippen LogP contribution in [0.2, 0.25) is 5.02 Å². The van der Waals surface area contributed by atoms with Gasteiger partial charge in [0.25, 0.3) is 5.91 Å². The Kier molecular flexibility index (Phi) is 5.70. The molecule has 3 heterocycles. The van der Waals surface area contributed by atoms with Crippen LogP contribution in [0.15, 0.2) is 52.5 Å². The van der Waals surface area contributed by atoms with Crippen LogP contribution in [0.25, 0.3) is 17.0 Å². The molecule has 0 saturated carbocycles. The van der Waals surface area contributed by atoms with Gasteiger partial charge in [-0.25, -0.2) is 0 Å². The Morgan fingerprint density at radius 2 is 1.91 bits per heavy atom. The van der Waals surface area contributed by atoms with E-state index in [1.807, 2.05) is 12.1 Å². The van der Waals surface area contributed by atoms with E-state index in [0.717, 1.165) is 48.1 Å². The number of benzene rings is 2. The lowest BCUT2D eigenvalue weighted by molar-refractivity contribution is -0.138. The van der Waals surface area contributed by atoms with Gasteiger partial charge < -0.3 is 4.90 Å². The first-order valence-electron chi connectivity index (χ1n) is 10.4. The maximum absolute atomic E-state index is 13.4. The summed E-state index contributed by atoms with van der Waals surface area (Å²) in [7, 11) is 0. The molecule has 0 N–H and O–H groups in total. The van der Waals surface area contributed by atoms with Crippen LogP contribution < -0.4 is 0 Å². The summed E-state index contributed by atoms with van der Waals surface area (Å²) in [5.74, 6) is -0.250. The summed E-state index contributed by atoms with van der Waals surface area (Å²) >= 11 is 7.16. The predicted octanol–water partition coefficient (Wildman–Crippen LogP) is 5.82. The summed E-state index contributed by atoms with van der Waals surface area (Å²) in [5.41, 5.74) is 0.811. The molecule has 170 valence electrons. The zero-order valence-electron chi connectivity index (χ0n) is 17.3. The fourth-order valence-corrected chi connectivity index (χ4v) is 5.16. The molecule has 0 spiro atoms. The summed E-state index contributed by atoms with van der Waals surface area (Å²) in [6.07, 6.45) is 1.10. The van der Waals surface area contributed by atoms with Gasteiger partial charge in [-0.3, -0.25) is 9.48 Å². The quantitative estimate of drug-likeness (QED) is 0.434. The fraction of sp³-hybridized carbons (Fsp3) is 0.261. The standard InChI is InChI=1S/C23H18ClF3N4OS/c24-17-5-4-15(18(11-17)23(25,26)27)13-31-19-6-3-14(9-16(19)12-28-31)10-20-21(32)29-22(33-20)30-7-1-2-8-30/h3-6,9-12H,1-2,7-8,13H2. The highest BCUT2D eigenvalue weighted by Gasteiger charge is 2.33. The summed E-state index contributed by atoms with van der Waals surface area (Å²) in [6, 6.07) is 9.23. The largest absolute Gasteiger partial charge is 0.416 e. The lowest BCUT2D eigenvalue weighted by atomic mass is 10.1. The number of nitrogens with zero attached hydrogens (tertiary/aromatic N) is 4. The molecule has 0 bridgehead atoms. The molecule has 0 aliphatic carbocycles. The molecule has 33 heavy (non-hydrogen) atoms. The Morgan fingerprint density at radius 1 is 1.12 bits per heavy atom. The summed E-state index contributed by atoms with van der Waals surface area (Å²) < 4.78 is 41.8. The highest BCUT2D eigenvalue weighted by atomic mass is 35.5. The number of hydrogen-bond donors (Lipinski definition) is 0. The fourth-order valence-electron chi connectivity index (χ4n) is 4.03. The van der Waals surface area contributed by atoms with Crippen molar-refractivity contribution in [1.82, 2.24) is 14.7 Å². The molecular formula is C23H18ClF3N4OS. The molecule has 3 aromatic rings. The van der Waals surface area contributed by atoms with E-state index < -0.39 is 11.7 Å². The van der Waals surface area contributed by atoms with Gasteiger partial charge in [0.2, 0.25) is 0 Å². The van der Waals surface area contributed by atoms with Crippen LogP contribution in [0, 0.1) is 0 Å². The van der Waals surface area contributed by atoms with Crippen molar-refractivity contribution in [3.63, 3.8) is 0 Å². The number of thioether (sulfide) groups is 1.